The predicted octanol–water partition coefficient (Wildman–Crippen LogP) is 4.40. The zero-order chi connectivity index (χ0) is 17.8. The number of ether oxygens (including phenoxy) is 1. The molecule has 25 heavy (non-hydrogen) atoms. The van der Waals surface area contributed by atoms with Crippen LogP contribution in [0.15, 0.2) is 57.5 Å². The molecule has 0 saturated heterocycles. The van der Waals surface area contributed by atoms with Crippen molar-refractivity contribution < 1.29 is 22.8 Å². The van der Waals surface area contributed by atoms with E-state index >= 15 is 0 Å². The topological polar surface area (TPSA) is 64.4 Å². The third-order valence-electron chi connectivity index (χ3n) is 3.17. The number of hydrogen-bond acceptors (Lipinski definition) is 4. The third-order valence-corrected chi connectivity index (χ3v) is 3.70. The average molecular weight is 409 g/mol. The first-order valence-corrected chi connectivity index (χ1v) is 7.91. The second-order valence-electron chi connectivity index (χ2n) is 5.00. The number of nitrogens with one attached hydrogen (secondary N) is 1. The quantitative estimate of drug-likeness (QED) is 0.679. The molecule has 8 heteroatoms. The Morgan fingerprint density at radius 3 is 2.60 bits per heavy atom. The van der Waals surface area contributed by atoms with Gasteiger partial charge < -0.3 is 9.26 Å². The van der Waals surface area contributed by atoms with E-state index in [1.807, 2.05) is 0 Å². The van der Waals surface area contributed by atoms with Gasteiger partial charge in [-0.05, 0) is 42.5 Å². The van der Waals surface area contributed by atoms with Crippen molar-refractivity contribution >= 4 is 27.7 Å². The molecular formula is C17H11BrF2N2O3. The van der Waals surface area contributed by atoms with E-state index < -0.39 is 17.5 Å². The highest BCUT2D eigenvalue weighted by atomic mass is 79.9. The van der Waals surface area contributed by atoms with E-state index in [1.165, 1.54) is 12.1 Å². The van der Waals surface area contributed by atoms with Crippen LogP contribution < -0.4 is 10.1 Å². The Morgan fingerprint density at radius 2 is 1.88 bits per heavy atom. The molecule has 0 aliphatic heterocycles. The van der Waals surface area contributed by atoms with Gasteiger partial charge in [-0.15, -0.1) is 0 Å². The molecule has 0 unspecified atom stereocenters. The van der Waals surface area contributed by atoms with Gasteiger partial charge in [0.1, 0.15) is 11.4 Å². The minimum atomic E-state index is -0.992. The number of rotatable bonds is 5. The van der Waals surface area contributed by atoms with Crippen LogP contribution in [0.3, 0.4) is 0 Å². The minimum absolute atomic E-state index is 0.0733. The molecule has 0 bridgehead atoms. The highest BCUT2D eigenvalue weighted by Gasteiger charge is 2.12. The fraction of sp³-hybridized carbons (Fsp3) is 0.0588. The maximum Gasteiger partial charge on any atom is 0.264 e. The van der Waals surface area contributed by atoms with E-state index in [0.29, 0.717) is 11.3 Å². The molecule has 128 valence electrons. The molecule has 1 heterocycles. The first-order valence-electron chi connectivity index (χ1n) is 7.11. The van der Waals surface area contributed by atoms with Gasteiger partial charge in [0.2, 0.25) is 5.88 Å². The first-order chi connectivity index (χ1) is 12.0. The lowest BCUT2D eigenvalue weighted by Gasteiger charge is -2.05. The minimum Gasteiger partial charge on any atom is -0.484 e. The Kier molecular flexibility index (Phi) is 5.08. The normalized spacial score (nSPS) is 10.5. The molecule has 0 radical (unpaired) electrons. The van der Waals surface area contributed by atoms with Gasteiger partial charge in [-0.1, -0.05) is 21.1 Å². The van der Waals surface area contributed by atoms with Gasteiger partial charge in [-0.25, -0.2) is 8.78 Å². The van der Waals surface area contributed by atoms with Crippen molar-refractivity contribution in [1.29, 1.82) is 0 Å². The summed E-state index contributed by atoms with van der Waals surface area (Å²) in [7, 11) is 0. The van der Waals surface area contributed by atoms with E-state index in [2.05, 4.69) is 26.4 Å². The molecule has 0 saturated carbocycles. The fourth-order valence-corrected chi connectivity index (χ4v) is 2.24. The molecule has 3 aromatic rings. The maximum atomic E-state index is 13.2. The van der Waals surface area contributed by atoms with E-state index in [1.54, 1.807) is 24.3 Å². The van der Waals surface area contributed by atoms with Crippen molar-refractivity contribution in [2.45, 2.75) is 0 Å². The molecule has 0 spiro atoms. The Labute approximate surface area is 149 Å². The van der Waals surface area contributed by atoms with Crippen LogP contribution in [0.2, 0.25) is 0 Å². The van der Waals surface area contributed by atoms with E-state index in [-0.39, 0.29) is 18.2 Å². The van der Waals surface area contributed by atoms with Gasteiger partial charge in [-0.2, -0.15) is 0 Å². The Balaban J connectivity index is 1.59. The van der Waals surface area contributed by atoms with Crippen molar-refractivity contribution in [1.82, 2.24) is 5.16 Å². The lowest BCUT2D eigenvalue weighted by atomic mass is 10.1. The summed E-state index contributed by atoms with van der Waals surface area (Å²) in [5, 5.41) is 6.18. The van der Waals surface area contributed by atoms with Gasteiger partial charge in [0, 0.05) is 16.1 Å². The molecule has 2 aromatic carbocycles. The summed E-state index contributed by atoms with van der Waals surface area (Å²) >= 11 is 3.30. The standard InChI is InChI=1S/C17H11BrF2N2O3/c18-11-2-4-12(5-3-11)24-9-16(23)21-17-8-15(22-25-17)10-1-6-13(19)14(20)7-10/h1-8H,9H2,(H,21,23). The van der Waals surface area contributed by atoms with Crippen LogP contribution in [0.1, 0.15) is 0 Å². The number of nitrogens with zero attached hydrogens (tertiary/aromatic N) is 1. The number of amides is 1. The fourth-order valence-electron chi connectivity index (χ4n) is 1.98. The number of carbonyl (C=O) groups excluding carboxylic acids is 1. The summed E-state index contributed by atoms with van der Waals surface area (Å²) in [6, 6.07) is 11.8. The molecule has 0 aliphatic carbocycles. The summed E-state index contributed by atoms with van der Waals surface area (Å²) in [6.07, 6.45) is 0. The van der Waals surface area contributed by atoms with Crippen molar-refractivity contribution in [3.05, 3.63) is 64.6 Å². The van der Waals surface area contributed by atoms with Crippen LogP contribution in [-0.2, 0) is 4.79 Å². The largest absolute Gasteiger partial charge is 0.484 e. The second kappa shape index (κ2) is 7.43. The molecular weight excluding hydrogens is 398 g/mol. The second-order valence-corrected chi connectivity index (χ2v) is 5.91. The van der Waals surface area contributed by atoms with Gasteiger partial charge >= 0.3 is 0 Å². The number of halogens is 3. The van der Waals surface area contributed by atoms with Crippen molar-refractivity contribution in [3.63, 3.8) is 0 Å². The summed E-state index contributed by atoms with van der Waals surface area (Å²) < 4.78 is 37.4. The molecule has 0 fully saturated rings. The van der Waals surface area contributed by atoms with Crippen molar-refractivity contribution in [2.75, 3.05) is 11.9 Å². The van der Waals surface area contributed by atoms with Gasteiger partial charge in [-0.3, -0.25) is 10.1 Å². The number of benzene rings is 2. The first kappa shape index (κ1) is 17.1. The highest BCUT2D eigenvalue weighted by molar-refractivity contribution is 9.10. The number of hydrogen-bond donors (Lipinski definition) is 1. The Hall–Kier alpha value is -2.74. The van der Waals surface area contributed by atoms with E-state index in [9.17, 15) is 13.6 Å². The SMILES string of the molecule is O=C(COc1ccc(Br)cc1)Nc1cc(-c2ccc(F)c(F)c2)no1. The molecule has 1 N–H and O–H groups in total. The molecule has 5 nitrogen and oxygen atoms in total. The lowest BCUT2D eigenvalue weighted by molar-refractivity contribution is -0.118. The number of anilines is 1. The average Bonchev–Trinajstić information content (AvgIpc) is 3.05. The predicted molar refractivity (Wildman–Crippen MR) is 90.1 cm³/mol. The summed E-state index contributed by atoms with van der Waals surface area (Å²) in [5.41, 5.74) is 0.595. The smallest absolute Gasteiger partial charge is 0.264 e. The van der Waals surface area contributed by atoms with Crippen LogP contribution in [0.4, 0.5) is 14.7 Å². The van der Waals surface area contributed by atoms with Gasteiger partial charge in [0.25, 0.3) is 5.91 Å². The highest BCUT2D eigenvalue weighted by Crippen LogP contribution is 2.23. The summed E-state index contributed by atoms with van der Waals surface area (Å²) in [6.45, 7) is -0.219. The summed E-state index contributed by atoms with van der Waals surface area (Å²) in [4.78, 5) is 11.9. The van der Waals surface area contributed by atoms with Crippen LogP contribution in [0.25, 0.3) is 11.3 Å². The summed E-state index contributed by atoms with van der Waals surface area (Å²) in [5.74, 6) is -1.78. The van der Waals surface area contributed by atoms with Crippen LogP contribution in [0, 0.1) is 11.6 Å². The molecule has 0 aliphatic rings. The zero-order valence-corrected chi connectivity index (χ0v) is 14.2. The maximum absolute atomic E-state index is 13.2. The number of aromatic nitrogens is 1. The Morgan fingerprint density at radius 1 is 1.12 bits per heavy atom. The molecule has 3 rings (SSSR count). The van der Waals surface area contributed by atoms with Crippen molar-refractivity contribution in [3.8, 4) is 17.0 Å². The van der Waals surface area contributed by atoms with Crippen LogP contribution in [-0.4, -0.2) is 17.7 Å². The van der Waals surface area contributed by atoms with Crippen LogP contribution in [0.5, 0.6) is 5.75 Å². The monoisotopic (exact) mass is 408 g/mol. The Bertz CT molecular complexity index is 897. The number of carbonyl (C=O) groups is 1. The molecule has 0 atom stereocenters. The van der Waals surface area contributed by atoms with Crippen LogP contribution >= 0.6 is 15.9 Å². The van der Waals surface area contributed by atoms with Gasteiger partial charge in [0.15, 0.2) is 18.2 Å². The lowest BCUT2D eigenvalue weighted by Crippen LogP contribution is -2.19. The zero-order valence-electron chi connectivity index (χ0n) is 12.6. The van der Waals surface area contributed by atoms with Gasteiger partial charge in [0.05, 0.1) is 0 Å². The van der Waals surface area contributed by atoms with E-state index in [0.717, 1.165) is 16.6 Å². The third kappa shape index (κ3) is 4.42. The van der Waals surface area contributed by atoms with Crippen molar-refractivity contribution in [2.24, 2.45) is 0 Å². The van der Waals surface area contributed by atoms with E-state index in [4.69, 9.17) is 9.26 Å². The molecule has 1 amide bonds. The molecule has 1 aromatic heterocycles.